The fourth-order valence-electron chi connectivity index (χ4n) is 4.71. The van der Waals surface area contributed by atoms with Crippen LogP contribution < -0.4 is 5.73 Å². The second-order valence-electron chi connectivity index (χ2n) is 10.7. The van der Waals surface area contributed by atoms with Gasteiger partial charge in [-0.15, -0.1) is 0 Å². The molecule has 7 nitrogen and oxygen atoms in total. The van der Waals surface area contributed by atoms with Gasteiger partial charge in [-0.25, -0.2) is 0 Å². The molecule has 2 saturated heterocycles. The third kappa shape index (κ3) is 17.9. The molecule has 2 heterocycles. The average Bonchev–Trinajstić information content (AvgIpc) is 3.02. The minimum absolute atomic E-state index is 0.0218. The molecule has 5 atom stereocenters. The normalized spacial score (nSPS) is 21.7. The van der Waals surface area contributed by atoms with Crippen LogP contribution in [0.15, 0.2) is 24.3 Å². The maximum Gasteiger partial charge on any atom is 0.313 e. The molecule has 42 heavy (non-hydrogen) atoms. The zero-order chi connectivity index (χ0) is 32.5. The Morgan fingerprint density at radius 2 is 1.45 bits per heavy atom. The lowest BCUT2D eigenvalue weighted by Crippen LogP contribution is -2.41. The quantitative estimate of drug-likeness (QED) is 0.290. The van der Waals surface area contributed by atoms with Crippen molar-refractivity contribution in [1.29, 1.82) is 0 Å². The SMILES string of the molecule is CC.CC.CC(=O)OCC1CCC(C2CCCC(COC(=O)C(C)c3ccc(CC(C)C)cc3)O2)CO1.CCC.CN. The molecule has 1 aromatic carbocycles. The summed E-state index contributed by atoms with van der Waals surface area (Å²) in [7, 11) is 1.50. The van der Waals surface area contributed by atoms with E-state index in [1.807, 2.05) is 46.8 Å². The molecular weight excluding hydrogens is 530 g/mol. The first-order valence-electron chi connectivity index (χ1n) is 16.5. The van der Waals surface area contributed by atoms with E-state index < -0.39 is 0 Å². The Balaban J connectivity index is 0. The van der Waals surface area contributed by atoms with Crippen LogP contribution in [0.2, 0.25) is 0 Å². The first-order chi connectivity index (χ1) is 20.2. The summed E-state index contributed by atoms with van der Waals surface area (Å²) in [6.07, 6.45) is 7.17. The van der Waals surface area contributed by atoms with E-state index in [2.05, 4.69) is 45.6 Å². The molecule has 1 aromatic rings. The Kier molecular flexibility index (Phi) is 26.8. The van der Waals surface area contributed by atoms with Crippen LogP contribution in [0.1, 0.15) is 125 Å². The Labute approximate surface area is 258 Å². The molecule has 0 spiro atoms. The zero-order valence-electron chi connectivity index (χ0n) is 28.9. The second kappa shape index (κ2) is 26.7. The number of rotatable bonds is 9. The van der Waals surface area contributed by atoms with E-state index in [0.29, 0.717) is 31.7 Å². The van der Waals surface area contributed by atoms with Crippen LogP contribution >= 0.6 is 0 Å². The van der Waals surface area contributed by atoms with Crippen molar-refractivity contribution in [3.05, 3.63) is 35.4 Å². The molecule has 5 unspecified atom stereocenters. The summed E-state index contributed by atoms with van der Waals surface area (Å²) >= 11 is 0. The minimum Gasteiger partial charge on any atom is -0.463 e. The van der Waals surface area contributed by atoms with Crippen LogP contribution in [-0.2, 0) is 35.0 Å². The van der Waals surface area contributed by atoms with Gasteiger partial charge in [0.05, 0.1) is 30.8 Å². The van der Waals surface area contributed by atoms with Crippen LogP contribution in [0.4, 0.5) is 0 Å². The molecule has 0 aromatic heterocycles. The maximum atomic E-state index is 12.6. The summed E-state index contributed by atoms with van der Waals surface area (Å²) in [5.41, 5.74) is 6.78. The molecule has 2 aliphatic rings. The van der Waals surface area contributed by atoms with Gasteiger partial charge in [-0.1, -0.05) is 86.1 Å². The molecule has 3 rings (SSSR count). The molecule has 0 bridgehead atoms. The number of ether oxygens (including phenoxy) is 4. The lowest BCUT2D eigenvalue weighted by molar-refractivity contribution is -0.163. The molecule has 2 N–H and O–H groups in total. The van der Waals surface area contributed by atoms with Gasteiger partial charge in [0.25, 0.3) is 0 Å². The molecule has 246 valence electrons. The summed E-state index contributed by atoms with van der Waals surface area (Å²) in [4.78, 5) is 23.6. The van der Waals surface area contributed by atoms with Crippen molar-refractivity contribution >= 4 is 11.9 Å². The van der Waals surface area contributed by atoms with Crippen molar-refractivity contribution in [3.8, 4) is 0 Å². The van der Waals surface area contributed by atoms with Crippen LogP contribution in [0.5, 0.6) is 0 Å². The predicted molar refractivity (Wildman–Crippen MR) is 175 cm³/mol. The smallest absolute Gasteiger partial charge is 0.313 e. The number of hydrogen-bond acceptors (Lipinski definition) is 7. The van der Waals surface area contributed by atoms with E-state index >= 15 is 0 Å². The zero-order valence-corrected chi connectivity index (χ0v) is 28.9. The van der Waals surface area contributed by atoms with Crippen LogP contribution in [0.3, 0.4) is 0 Å². The van der Waals surface area contributed by atoms with Crippen LogP contribution in [0.25, 0.3) is 0 Å². The Hall–Kier alpha value is -1.96. The van der Waals surface area contributed by atoms with Gasteiger partial charge in [-0.3, -0.25) is 9.59 Å². The van der Waals surface area contributed by atoms with Crippen molar-refractivity contribution in [2.45, 2.75) is 138 Å². The van der Waals surface area contributed by atoms with Gasteiger partial charge in [0.2, 0.25) is 0 Å². The van der Waals surface area contributed by atoms with Gasteiger partial charge in [0, 0.05) is 12.8 Å². The van der Waals surface area contributed by atoms with Gasteiger partial charge in [-0.2, -0.15) is 0 Å². The highest BCUT2D eigenvalue weighted by molar-refractivity contribution is 5.77. The fraction of sp³-hybridized carbons (Fsp3) is 0.771. The van der Waals surface area contributed by atoms with E-state index in [4.69, 9.17) is 18.9 Å². The molecule has 0 amide bonds. The van der Waals surface area contributed by atoms with Crippen molar-refractivity contribution in [1.82, 2.24) is 0 Å². The van der Waals surface area contributed by atoms with Crippen molar-refractivity contribution < 1.29 is 28.5 Å². The number of benzene rings is 1. The summed E-state index contributed by atoms with van der Waals surface area (Å²) in [5.74, 6) is 0.177. The number of carbonyl (C=O) groups is 2. The van der Waals surface area contributed by atoms with E-state index in [-0.39, 0.29) is 36.2 Å². The van der Waals surface area contributed by atoms with Crippen LogP contribution in [0, 0.1) is 11.8 Å². The van der Waals surface area contributed by atoms with Gasteiger partial charge in [0.1, 0.15) is 13.2 Å². The van der Waals surface area contributed by atoms with E-state index in [9.17, 15) is 9.59 Å². The number of esters is 2. The Bertz CT molecular complexity index is 774. The standard InChI is InChI=1S/C27H40O6.C3H8.2C2H6.CH5N/c1-18(2)14-21-8-10-22(11-9-21)19(3)27(29)32-17-25-6-5-7-26(33-25)23-12-13-24(31-15-23)16-30-20(4)28;1-3-2;3*1-2/h8-11,18-19,23-26H,5-7,12-17H2,1-4H3;3H2,1-2H3;2*1-2H3;2H2,1H3. The third-order valence-corrected chi connectivity index (χ3v) is 6.67. The molecule has 2 fully saturated rings. The highest BCUT2D eigenvalue weighted by atomic mass is 16.6. The summed E-state index contributed by atoms with van der Waals surface area (Å²) in [6, 6.07) is 8.29. The monoisotopic (exact) mass is 595 g/mol. The lowest BCUT2D eigenvalue weighted by Gasteiger charge is -2.38. The van der Waals surface area contributed by atoms with Gasteiger partial charge in [0.15, 0.2) is 0 Å². The predicted octanol–water partition coefficient (Wildman–Crippen LogP) is 7.87. The fourth-order valence-corrected chi connectivity index (χ4v) is 4.71. The second-order valence-corrected chi connectivity index (χ2v) is 10.7. The Morgan fingerprint density at radius 1 is 0.881 bits per heavy atom. The Morgan fingerprint density at radius 3 is 1.95 bits per heavy atom. The minimum atomic E-state index is -0.293. The first-order valence-corrected chi connectivity index (χ1v) is 16.5. The van der Waals surface area contributed by atoms with E-state index in [0.717, 1.165) is 44.1 Å². The summed E-state index contributed by atoms with van der Waals surface area (Å²) in [5, 5.41) is 0. The lowest BCUT2D eigenvalue weighted by atomic mass is 9.88. The van der Waals surface area contributed by atoms with Crippen molar-refractivity contribution in [2.75, 3.05) is 26.9 Å². The molecule has 7 heteroatoms. The summed E-state index contributed by atoms with van der Waals surface area (Å²) < 4.78 is 22.9. The molecule has 0 aliphatic carbocycles. The summed E-state index contributed by atoms with van der Waals surface area (Å²) in [6.45, 7) is 21.2. The molecular formula is C35H65NO6. The highest BCUT2D eigenvalue weighted by Gasteiger charge is 2.33. The molecule has 2 aliphatic heterocycles. The van der Waals surface area contributed by atoms with Gasteiger partial charge in [-0.05, 0) is 69.5 Å². The van der Waals surface area contributed by atoms with Gasteiger partial charge >= 0.3 is 11.9 Å². The number of nitrogens with two attached hydrogens (primary N) is 1. The maximum absolute atomic E-state index is 12.6. The third-order valence-electron chi connectivity index (χ3n) is 6.67. The number of hydrogen-bond donors (Lipinski definition) is 1. The molecule has 0 radical (unpaired) electrons. The average molecular weight is 596 g/mol. The highest BCUT2D eigenvalue weighted by Crippen LogP contribution is 2.31. The van der Waals surface area contributed by atoms with Crippen molar-refractivity contribution in [3.63, 3.8) is 0 Å². The topological polar surface area (TPSA) is 97.1 Å². The van der Waals surface area contributed by atoms with Crippen LogP contribution in [-0.4, -0.2) is 57.1 Å². The number of carbonyl (C=O) groups excluding carboxylic acids is 2. The van der Waals surface area contributed by atoms with E-state index in [1.165, 1.54) is 26.0 Å². The molecule has 0 saturated carbocycles. The van der Waals surface area contributed by atoms with Gasteiger partial charge < -0.3 is 24.7 Å². The van der Waals surface area contributed by atoms with E-state index in [1.54, 1.807) is 0 Å². The van der Waals surface area contributed by atoms with Crippen molar-refractivity contribution in [2.24, 2.45) is 17.6 Å². The first kappa shape index (κ1) is 42.2. The largest absolute Gasteiger partial charge is 0.463 e.